The molecule has 0 radical (unpaired) electrons. The largest absolute Gasteiger partial charge is 0.355 e. The van der Waals surface area contributed by atoms with Crippen molar-refractivity contribution in [2.45, 2.75) is 19.3 Å². The molecule has 8 heteroatoms. The maximum Gasteiger partial charge on any atom is 0.224 e. The van der Waals surface area contributed by atoms with Gasteiger partial charge in [-0.15, -0.1) is 0 Å². The van der Waals surface area contributed by atoms with Crippen LogP contribution in [0.1, 0.15) is 18.4 Å². The number of hydrogen-bond acceptors (Lipinski definition) is 4. The zero-order valence-electron chi connectivity index (χ0n) is 18.6. The van der Waals surface area contributed by atoms with Gasteiger partial charge in [-0.2, -0.15) is 5.10 Å². The molecule has 4 aromatic rings. The number of anilines is 1. The van der Waals surface area contributed by atoms with Gasteiger partial charge in [-0.25, -0.2) is 9.50 Å². The summed E-state index contributed by atoms with van der Waals surface area (Å²) in [6.45, 7) is 2.09. The lowest BCUT2D eigenvalue weighted by Crippen LogP contribution is -2.44. The van der Waals surface area contributed by atoms with Crippen LogP contribution in [0.2, 0.25) is 10.0 Å². The Labute approximate surface area is 208 Å². The third kappa shape index (κ3) is 4.88. The maximum atomic E-state index is 12.9. The zero-order valence-corrected chi connectivity index (χ0v) is 20.1. The number of carbonyl (C=O) groups is 1. The van der Waals surface area contributed by atoms with E-state index in [2.05, 4.69) is 15.2 Å². The number of nitrogens with one attached hydrogen (secondary N) is 1. The number of hydrogen-bond donors (Lipinski definition) is 1. The molecule has 1 aliphatic rings. The molecule has 1 aliphatic heterocycles. The number of amides is 1. The van der Waals surface area contributed by atoms with Crippen molar-refractivity contribution in [3.63, 3.8) is 0 Å². The molecule has 0 spiro atoms. The molecule has 3 heterocycles. The van der Waals surface area contributed by atoms with Crippen LogP contribution in [-0.4, -0.2) is 40.1 Å². The van der Waals surface area contributed by atoms with E-state index in [1.54, 1.807) is 6.20 Å². The van der Waals surface area contributed by atoms with E-state index in [0.717, 1.165) is 59.0 Å². The predicted molar refractivity (Wildman–Crippen MR) is 137 cm³/mol. The third-order valence-electron chi connectivity index (χ3n) is 6.24. The van der Waals surface area contributed by atoms with Crippen molar-refractivity contribution >= 4 is 40.4 Å². The fourth-order valence-corrected chi connectivity index (χ4v) is 4.82. The molecule has 0 aliphatic carbocycles. The van der Waals surface area contributed by atoms with E-state index in [9.17, 15) is 4.79 Å². The van der Waals surface area contributed by atoms with Gasteiger partial charge in [0, 0.05) is 42.6 Å². The minimum Gasteiger partial charge on any atom is -0.355 e. The molecular weight excluding hydrogens is 469 g/mol. The number of nitrogens with zero attached hydrogens (tertiary/aromatic N) is 4. The van der Waals surface area contributed by atoms with Crippen LogP contribution in [0.15, 0.2) is 67.0 Å². The number of rotatable bonds is 6. The quantitative estimate of drug-likeness (QED) is 0.396. The van der Waals surface area contributed by atoms with Crippen LogP contribution < -0.4 is 10.2 Å². The van der Waals surface area contributed by atoms with Gasteiger partial charge in [0.1, 0.15) is 5.52 Å². The number of halogens is 2. The molecule has 1 saturated heterocycles. The Morgan fingerprint density at radius 1 is 1.12 bits per heavy atom. The predicted octanol–water partition coefficient (Wildman–Crippen LogP) is 5.28. The minimum absolute atomic E-state index is 0.0769. The highest BCUT2D eigenvalue weighted by Crippen LogP contribution is 2.31. The van der Waals surface area contributed by atoms with Crippen LogP contribution in [0.25, 0.3) is 16.8 Å². The Kier molecular flexibility index (Phi) is 6.70. The van der Waals surface area contributed by atoms with Crippen molar-refractivity contribution in [3.05, 3.63) is 82.6 Å². The first kappa shape index (κ1) is 22.7. The van der Waals surface area contributed by atoms with Gasteiger partial charge in [0.25, 0.3) is 0 Å². The van der Waals surface area contributed by atoms with Gasteiger partial charge in [-0.05, 0) is 49.1 Å². The summed E-state index contributed by atoms with van der Waals surface area (Å²) in [6, 6.07) is 17.4. The first-order valence-electron chi connectivity index (χ1n) is 11.4. The molecule has 174 valence electrons. The highest BCUT2D eigenvalue weighted by molar-refractivity contribution is 6.33. The summed E-state index contributed by atoms with van der Waals surface area (Å²) in [5, 5.41) is 9.19. The molecule has 34 heavy (non-hydrogen) atoms. The molecule has 1 fully saturated rings. The molecule has 0 unspecified atom stereocenters. The molecule has 1 atom stereocenters. The number of piperidine rings is 1. The second-order valence-electron chi connectivity index (χ2n) is 8.54. The van der Waals surface area contributed by atoms with Crippen molar-refractivity contribution in [2.75, 3.05) is 24.5 Å². The fourth-order valence-electron chi connectivity index (χ4n) is 4.46. The molecule has 1 N–H and O–H groups in total. The summed E-state index contributed by atoms with van der Waals surface area (Å²) in [5.74, 6) is 0.856. The van der Waals surface area contributed by atoms with E-state index < -0.39 is 0 Å². The lowest BCUT2D eigenvalue weighted by Gasteiger charge is -2.33. The van der Waals surface area contributed by atoms with Gasteiger partial charge in [0.15, 0.2) is 5.82 Å². The molecule has 6 nitrogen and oxygen atoms in total. The first-order valence-corrected chi connectivity index (χ1v) is 12.2. The Hall–Kier alpha value is -3.09. The first-order chi connectivity index (χ1) is 16.6. The second-order valence-corrected chi connectivity index (χ2v) is 9.39. The normalized spacial score (nSPS) is 16.1. The van der Waals surface area contributed by atoms with Crippen LogP contribution in [0.4, 0.5) is 5.82 Å². The number of aromatic nitrogens is 3. The molecule has 2 aromatic heterocycles. The average molecular weight is 494 g/mol. The topological polar surface area (TPSA) is 62.5 Å². The Morgan fingerprint density at radius 2 is 1.94 bits per heavy atom. The van der Waals surface area contributed by atoms with E-state index in [0.29, 0.717) is 18.1 Å². The Morgan fingerprint density at radius 3 is 2.76 bits per heavy atom. The molecule has 5 rings (SSSR count). The van der Waals surface area contributed by atoms with Crippen LogP contribution in [-0.2, 0) is 11.2 Å². The van der Waals surface area contributed by atoms with E-state index in [4.69, 9.17) is 28.3 Å². The van der Waals surface area contributed by atoms with Crippen LogP contribution in [0.3, 0.4) is 0 Å². The van der Waals surface area contributed by atoms with E-state index >= 15 is 0 Å². The number of carbonyl (C=O) groups excluding carboxylic acids is 1. The maximum absolute atomic E-state index is 12.9. The Balaban J connectivity index is 1.28. The summed E-state index contributed by atoms with van der Waals surface area (Å²) < 4.78 is 1.83. The lowest BCUT2D eigenvalue weighted by atomic mass is 9.97. The summed E-state index contributed by atoms with van der Waals surface area (Å²) in [7, 11) is 0. The highest BCUT2D eigenvalue weighted by atomic mass is 35.5. The summed E-state index contributed by atoms with van der Waals surface area (Å²) >= 11 is 12.3. The summed E-state index contributed by atoms with van der Waals surface area (Å²) in [5.41, 5.74) is 3.74. The van der Waals surface area contributed by atoms with Gasteiger partial charge in [0.05, 0.1) is 16.6 Å². The summed E-state index contributed by atoms with van der Waals surface area (Å²) in [4.78, 5) is 19.7. The third-order valence-corrected chi connectivity index (χ3v) is 6.82. The fraction of sp³-hybridized carbons (Fsp3) is 0.269. The van der Waals surface area contributed by atoms with E-state index in [-0.39, 0.29) is 11.8 Å². The van der Waals surface area contributed by atoms with Gasteiger partial charge < -0.3 is 10.2 Å². The van der Waals surface area contributed by atoms with Crippen LogP contribution in [0.5, 0.6) is 0 Å². The molecule has 1 amide bonds. The Bertz CT molecular complexity index is 1300. The van der Waals surface area contributed by atoms with Crippen molar-refractivity contribution in [1.82, 2.24) is 19.9 Å². The van der Waals surface area contributed by atoms with Crippen molar-refractivity contribution < 1.29 is 4.79 Å². The highest BCUT2D eigenvalue weighted by Gasteiger charge is 2.27. The molecular formula is C26H25Cl2N5O. The summed E-state index contributed by atoms with van der Waals surface area (Å²) in [6.07, 6.45) is 6.17. The van der Waals surface area contributed by atoms with Crippen LogP contribution >= 0.6 is 23.2 Å². The van der Waals surface area contributed by atoms with Gasteiger partial charge in [0.2, 0.25) is 5.91 Å². The molecule has 2 aromatic carbocycles. The smallest absolute Gasteiger partial charge is 0.224 e. The van der Waals surface area contributed by atoms with Gasteiger partial charge in [-0.1, -0.05) is 53.5 Å². The van der Waals surface area contributed by atoms with Gasteiger partial charge in [-0.3, -0.25) is 4.79 Å². The van der Waals surface area contributed by atoms with E-state index in [1.807, 2.05) is 65.3 Å². The second kappa shape index (κ2) is 10.0. The standard InChI is InChI=1S/C26H25Cl2N5O/c27-20-9-7-18(8-10-20)11-12-30-26(34)19-4-3-14-32(17-19)25-24-16-23(31-33(24)15-13-29-25)21-5-1-2-6-22(21)28/h1-2,5-10,13,15-16,19H,3-4,11-12,14,17H2,(H,30,34)/t19-/m0/s1. The minimum atomic E-state index is -0.0769. The molecule has 0 bridgehead atoms. The van der Waals surface area contributed by atoms with Crippen molar-refractivity contribution in [1.29, 1.82) is 0 Å². The monoisotopic (exact) mass is 493 g/mol. The lowest BCUT2D eigenvalue weighted by molar-refractivity contribution is -0.125. The number of fused-ring (bicyclic) bond motifs is 1. The number of benzene rings is 2. The SMILES string of the molecule is O=C(NCCc1ccc(Cl)cc1)[C@H]1CCCN(c2nccn3nc(-c4ccccc4Cl)cc23)C1. The average Bonchev–Trinajstić information content (AvgIpc) is 3.30. The van der Waals surface area contributed by atoms with E-state index in [1.165, 1.54) is 0 Å². The molecule has 0 saturated carbocycles. The van der Waals surface area contributed by atoms with Crippen LogP contribution in [0, 0.1) is 5.92 Å². The van der Waals surface area contributed by atoms with Crippen molar-refractivity contribution in [2.24, 2.45) is 5.92 Å². The zero-order chi connectivity index (χ0) is 23.5. The van der Waals surface area contributed by atoms with Gasteiger partial charge >= 0.3 is 0 Å². The van der Waals surface area contributed by atoms with Crippen molar-refractivity contribution in [3.8, 4) is 11.3 Å².